The summed E-state index contributed by atoms with van der Waals surface area (Å²) in [4.78, 5) is 18.3. The van der Waals surface area contributed by atoms with Crippen LogP contribution in [0.15, 0.2) is 29.8 Å². The zero-order valence-electron chi connectivity index (χ0n) is 14.7. The number of aryl methyl sites for hydroxylation is 1. The Morgan fingerprint density at radius 2 is 2.20 bits per heavy atom. The third-order valence-electron chi connectivity index (χ3n) is 4.92. The molecule has 0 saturated carbocycles. The Labute approximate surface area is 152 Å². The van der Waals surface area contributed by atoms with Crippen LogP contribution in [0.2, 0.25) is 0 Å². The van der Waals surface area contributed by atoms with E-state index in [0.717, 1.165) is 25.1 Å². The van der Waals surface area contributed by atoms with E-state index in [-0.39, 0.29) is 18.2 Å². The van der Waals surface area contributed by atoms with Gasteiger partial charge in [-0.2, -0.15) is 0 Å². The summed E-state index contributed by atoms with van der Waals surface area (Å²) in [5.74, 6) is 0. The topological polar surface area (TPSA) is 65.5 Å². The summed E-state index contributed by atoms with van der Waals surface area (Å²) in [5.41, 5.74) is 5.40. The van der Waals surface area contributed by atoms with Gasteiger partial charge in [-0.25, -0.2) is 4.98 Å². The number of carbonyl (C=O) groups excluding carboxylic acids is 1. The van der Waals surface area contributed by atoms with Crippen LogP contribution < -0.4 is 5.32 Å². The molecule has 1 unspecified atom stereocenters. The summed E-state index contributed by atoms with van der Waals surface area (Å²) in [5, 5.41) is 13.2. The number of aliphatic hydroxyl groups excluding tert-OH is 1. The van der Waals surface area contributed by atoms with Gasteiger partial charge in [-0.05, 0) is 44.4 Å². The fraction of sp³-hybridized carbons (Fsp3) is 0.474. The average molecular weight is 359 g/mol. The molecule has 2 aromatic rings. The smallest absolute Gasteiger partial charge is 0.210 e. The molecule has 1 aromatic heterocycles. The largest absolute Gasteiger partial charge is 0.391 e. The van der Waals surface area contributed by atoms with Gasteiger partial charge in [0, 0.05) is 18.6 Å². The van der Waals surface area contributed by atoms with Crippen molar-refractivity contribution in [2.75, 3.05) is 13.1 Å². The average Bonchev–Trinajstić information content (AvgIpc) is 3.20. The lowest BCUT2D eigenvalue weighted by atomic mass is 10.0. The van der Waals surface area contributed by atoms with E-state index in [2.05, 4.69) is 41.5 Å². The second-order valence-electron chi connectivity index (χ2n) is 6.70. The summed E-state index contributed by atoms with van der Waals surface area (Å²) in [6.45, 7) is 5.46. The van der Waals surface area contributed by atoms with E-state index in [0.29, 0.717) is 13.0 Å². The Bertz CT molecular complexity index is 701. The lowest BCUT2D eigenvalue weighted by Crippen LogP contribution is -2.32. The molecule has 1 amide bonds. The zero-order chi connectivity index (χ0) is 17.8. The Morgan fingerprint density at radius 3 is 2.84 bits per heavy atom. The second-order valence-corrected chi connectivity index (χ2v) is 7.55. The van der Waals surface area contributed by atoms with Crippen molar-refractivity contribution in [3.63, 3.8) is 0 Å². The molecule has 0 spiro atoms. The van der Waals surface area contributed by atoms with Crippen LogP contribution in [0.5, 0.6) is 0 Å². The van der Waals surface area contributed by atoms with Gasteiger partial charge in [-0.15, -0.1) is 11.3 Å². The van der Waals surface area contributed by atoms with Crippen LogP contribution in [-0.4, -0.2) is 46.6 Å². The van der Waals surface area contributed by atoms with E-state index in [4.69, 9.17) is 0 Å². The summed E-state index contributed by atoms with van der Waals surface area (Å²) in [6, 6.07) is 8.99. The third kappa shape index (κ3) is 4.26. The van der Waals surface area contributed by atoms with E-state index in [1.807, 2.05) is 12.4 Å². The molecule has 6 heteroatoms. The number of thiazole rings is 1. The van der Waals surface area contributed by atoms with Gasteiger partial charge in [0.05, 0.1) is 22.2 Å². The first-order valence-electron chi connectivity index (χ1n) is 8.71. The normalized spacial score (nSPS) is 21.5. The molecular weight excluding hydrogens is 334 g/mol. The molecule has 3 rings (SSSR count). The third-order valence-corrected chi connectivity index (χ3v) is 5.89. The minimum atomic E-state index is -0.379. The van der Waals surface area contributed by atoms with Gasteiger partial charge < -0.3 is 15.3 Å². The molecule has 0 bridgehead atoms. The van der Waals surface area contributed by atoms with E-state index >= 15 is 0 Å². The first-order valence-corrected chi connectivity index (χ1v) is 9.59. The number of β-amino-alcohol motifs (C(OH)–C–C–N with tert-alkyl or cyclic N) is 1. The molecule has 2 heterocycles. The number of amides is 1. The molecule has 5 nitrogen and oxygen atoms in total. The van der Waals surface area contributed by atoms with Crippen LogP contribution in [0, 0.1) is 6.92 Å². The highest BCUT2D eigenvalue weighted by Crippen LogP contribution is 2.28. The van der Waals surface area contributed by atoms with E-state index in [1.54, 1.807) is 16.2 Å². The van der Waals surface area contributed by atoms with Gasteiger partial charge in [0.1, 0.15) is 0 Å². The van der Waals surface area contributed by atoms with Crippen molar-refractivity contribution in [2.45, 2.75) is 44.9 Å². The SMILES string of the molecule is Cc1ncsc1-c1ccc([C@H](C)NCC[C@@H]2CC(O)CN2C=O)cc1. The van der Waals surface area contributed by atoms with Gasteiger partial charge >= 0.3 is 0 Å². The summed E-state index contributed by atoms with van der Waals surface area (Å²) < 4.78 is 0. The standard InChI is InChI=1S/C19H25N3O2S/c1-13(20-8-7-17-9-18(24)10-22(17)12-23)15-3-5-16(6-4-15)19-14(2)21-11-25-19/h3-6,11-13,17-18,20,24H,7-10H2,1-2H3/t13-,17+,18?/m0/s1. The molecule has 1 fully saturated rings. The number of carbonyl (C=O) groups is 1. The predicted octanol–water partition coefficient (Wildman–Crippen LogP) is 2.75. The van der Waals surface area contributed by atoms with Crippen LogP contribution >= 0.6 is 11.3 Å². The summed E-state index contributed by atoms with van der Waals surface area (Å²) >= 11 is 1.67. The fourth-order valence-corrected chi connectivity index (χ4v) is 4.23. The maximum atomic E-state index is 11.0. The van der Waals surface area contributed by atoms with Crippen LogP contribution in [0.1, 0.15) is 37.1 Å². The van der Waals surface area contributed by atoms with Crippen molar-refractivity contribution in [1.82, 2.24) is 15.2 Å². The molecule has 3 atom stereocenters. The van der Waals surface area contributed by atoms with Crippen LogP contribution in [0.25, 0.3) is 10.4 Å². The predicted molar refractivity (Wildman–Crippen MR) is 101 cm³/mol. The Kier molecular flexibility index (Phi) is 5.83. The minimum Gasteiger partial charge on any atom is -0.391 e. The highest BCUT2D eigenvalue weighted by atomic mass is 32.1. The maximum Gasteiger partial charge on any atom is 0.210 e. The number of rotatable bonds is 7. The molecule has 2 N–H and O–H groups in total. The Balaban J connectivity index is 1.52. The number of nitrogens with one attached hydrogen (secondary N) is 1. The van der Waals surface area contributed by atoms with E-state index in [9.17, 15) is 9.90 Å². The number of aromatic nitrogens is 1. The molecular formula is C19H25N3O2S. The quantitative estimate of drug-likeness (QED) is 0.746. The summed E-state index contributed by atoms with van der Waals surface area (Å²) in [7, 11) is 0. The number of hydrogen-bond acceptors (Lipinski definition) is 5. The molecule has 0 radical (unpaired) electrons. The number of likely N-dealkylation sites (tertiary alicyclic amines) is 1. The van der Waals surface area contributed by atoms with Crippen molar-refractivity contribution in [2.24, 2.45) is 0 Å². The molecule has 134 valence electrons. The van der Waals surface area contributed by atoms with Crippen LogP contribution in [0.3, 0.4) is 0 Å². The number of nitrogens with zero attached hydrogens (tertiary/aromatic N) is 2. The maximum absolute atomic E-state index is 11.0. The lowest BCUT2D eigenvalue weighted by molar-refractivity contribution is -0.119. The van der Waals surface area contributed by atoms with E-state index < -0.39 is 0 Å². The van der Waals surface area contributed by atoms with Crippen molar-refractivity contribution in [3.8, 4) is 10.4 Å². The molecule has 1 aliphatic rings. The van der Waals surface area contributed by atoms with Gasteiger partial charge in [0.25, 0.3) is 0 Å². The number of hydrogen-bond donors (Lipinski definition) is 2. The van der Waals surface area contributed by atoms with Gasteiger partial charge in [-0.3, -0.25) is 4.79 Å². The zero-order valence-corrected chi connectivity index (χ0v) is 15.5. The molecule has 1 aromatic carbocycles. The second kappa shape index (κ2) is 8.08. The minimum absolute atomic E-state index is 0.142. The van der Waals surface area contributed by atoms with Crippen LogP contribution in [-0.2, 0) is 4.79 Å². The van der Waals surface area contributed by atoms with Gasteiger partial charge in [-0.1, -0.05) is 24.3 Å². The molecule has 1 aliphatic heterocycles. The Hall–Kier alpha value is -1.76. The van der Waals surface area contributed by atoms with Crippen LogP contribution in [0.4, 0.5) is 0 Å². The summed E-state index contributed by atoms with van der Waals surface area (Å²) in [6.07, 6.45) is 2.01. The fourth-order valence-electron chi connectivity index (χ4n) is 3.42. The van der Waals surface area contributed by atoms with Gasteiger partial charge in [0.2, 0.25) is 6.41 Å². The van der Waals surface area contributed by atoms with Crippen molar-refractivity contribution < 1.29 is 9.90 Å². The molecule has 0 aliphatic carbocycles. The first-order chi connectivity index (χ1) is 12.1. The number of aliphatic hydroxyl groups is 1. The highest BCUT2D eigenvalue weighted by Gasteiger charge is 2.29. The first kappa shape index (κ1) is 18.0. The molecule has 25 heavy (non-hydrogen) atoms. The lowest BCUT2D eigenvalue weighted by Gasteiger charge is -2.21. The van der Waals surface area contributed by atoms with Gasteiger partial charge in [0.15, 0.2) is 0 Å². The Morgan fingerprint density at radius 1 is 1.44 bits per heavy atom. The van der Waals surface area contributed by atoms with Crippen molar-refractivity contribution in [1.29, 1.82) is 0 Å². The van der Waals surface area contributed by atoms with Crippen molar-refractivity contribution in [3.05, 3.63) is 41.0 Å². The van der Waals surface area contributed by atoms with E-state index in [1.165, 1.54) is 16.0 Å². The van der Waals surface area contributed by atoms with Crippen molar-refractivity contribution >= 4 is 17.7 Å². The number of benzene rings is 1. The monoisotopic (exact) mass is 359 g/mol. The molecule has 1 saturated heterocycles. The highest BCUT2D eigenvalue weighted by molar-refractivity contribution is 7.13.